The maximum absolute atomic E-state index is 5.38. The molecule has 0 amide bonds. The molecule has 0 fully saturated rings. The van der Waals surface area contributed by atoms with Crippen molar-refractivity contribution in [3.8, 4) is 0 Å². The van der Waals surface area contributed by atoms with E-state index in [0.29, 0.717) is 26.4 Å². The second-order valence-electron chi connectivity index (χ2n) is 4.34. The van der Waals surface area contributed by atoms with E-state index in [1.54, 1.807) is 21.3 Å². The average molecular weight is 433 g/mol. The zero-order chi connectivity index (χ0) is 15.6. The van der Waals surface area contributed by atoms with Crippen LogP contribution in [0.2, 0.25) is 0 Å². The lowest BCUT2D eigenvalue weighted by Gasteiger charge is -2.12. The summed E-state index contributed by atoms with van der Waals surface area (Å²) in [7, 11) is 5.10. The van der Waals surface area contributed by atoms with Gasteiger partial charge in [0.2, 0.25) is 0 Å². The van der Waals surface area contributed by atoms with Gasteiger partial charge in [0.15, 0.2) is 5.96 Å². The van der Waals surface area contributed by atoms with Gasteiger partial charge in [0.1, 0.15) is 0 Å². The van der Waals surface area contributed by atoms with E-state index in [2.05, 4.69) is 15.6 Å². The topological polar surface area (TPSA) is 73.3 Å². The molecule has 0 atom stereocenters. The van der Waals surface area contributed by atoms with Crippen LogP contribution in [0.25, 0.3) is 0 Å². The Labute approximate surface area is 151 Å². The van der Waals surface area contributed by atoms with Gasteiger partial charge in [-0.25, -0.2) is 0 Å². The Morgan fingerprint density at radius 1 is 0.773 bits per heavy atom. The molecule has 0 aromatic rings. The third-order valence-corrected chi connectivity index (χ3v) is 2.60. The third kappa shape index (κ3) is 17.9. The average Bonchev–Trinajstić information content (AvgIpc) is 2.51. The molecule has 0 aromatic carbocycles. The fourth-order valence-corrected chi connectivity index (χ4v) is 1.47. The van der Waals surface area contributed by atoms with E-state index in [9.17, 15) is 0 Å². The number of rotatable bonds is 14. The summed E-state index contributed by atoms with van der Waals surface area (Å²) >= 11 is 0. The maximum atomic E-state index is 5.38. The molecule has 0 bridgehead atoms. The molecule has 134 valence electrons. The molecule has 0 aromatic heterocycles. The summed E-state index contributed by atoms with van der Waals surface area (Å²) in [4.78, 5) is 4.16. The standard InChI is InChI=1S/C14H31N3O4.HI/c1-15-14(16-6-4-8-20-12-10-18-2)17-7-5-9-21-13-11-19-3;/h4-13H2,1-3H3,(H2,15,16,17);1H. The highest BCUT2D eigenvalue weighted by atomic mass is 127. The molecule has 0 spiro atoms. The van der Waals surface area contributed by atoms with Crippen molar-refractivity contribution >= 4 is 29.9 Å². The molecule has 2 N–H and O–H groups in total. The van der Waals surface area contributed by atoms with E-state index in [0.717, 1.165) is 45.1 Å². The minimum absolute atomic E-state index is 0. The van der Waals surface area contributed by atoms with Crippen LogP contribution in [0.1, 0.15) is 12.8 Å². The second-order valence-corrected chi connectivity index (χ2v) is 4.34. The molecular weight excluding hydrogens is 401 g/mol. The highest BCUT2D eigenvalue weighted by molar-refractivity contribution is 14.0. The molecule has 0 heterocycles. The number of ether oxygens (including phenoxy) is 4. The summed E-state index contributed by atoms with van der Waals surface area (Å²) in [6.07, 6.45) is 1.87. The van der Waals surface area contributed by atoms with Gasteiger partial charge in [-0.2, -0.15) is 0 Å². The van der Waals surface area contributed by atoms with Crippen molar-refractivity contribution in [1.29, 1.82) is 0 Å². The summed E-state index contributed by atoms with van der Waals surface area (Å²) in [6, 6.07) is 0. The van der Waals surface area contributed by atoms with Crippen LogP contribution in [0, 0.1) is 0 Å². The van der Waals surface area contributed by atoms with Crippen molar-refractivity contribution in [3.05, 3.63) is 0 Å². The number of hydrogen-bond donors (Lipinski definition) is 2. The van der Waals surface area contributed by atoms with Crippen LogP contribution >= 0.6 is 24.0 Å². The lowest BCUT2D eigenvalue weighted by Crippen LogP contribution is -2.38. The van der Waals surface area contributed by atoms with Gasteiger partial charge in [-0.1, -0.05) is 0 Å². The summed E-state index contributed by atoms with van der Waals surface area (Å²) < 4.78 is 20.6. The van der Waals surface area contributed by atoms with Gasteiger partial charge in [0.05, 0.1) is 26.4 Å². The molecule has 0 aliphatic heterocycles. The number of aliphatic imine (C=N–C) groups is 1. The molecule has 0 rings (SSSR count). The Balaban J connectivity index is 0. The Morgan fingerprint density at radius 3 is 1.59 bits per heavy atom. The first-order valence-electron chi connectivity index (χ1n) is 7.43. The highest BCUT2D eigenvalue weighted by Gasteiger charge is 1.97. The summed E-state index contributed by atoms with van der Waals surface area (Å²) in [5, 5.41) is 6.48. The predicted octanol–water partition coefficient (Wildman–Crippen LogP) is 0.876. The minimum Gasteiger partial charge on any atom is -0.382 e. The number of nitrogens with zero attached hydrogens (tertiary/aromatic N) is 1. The van der Waals surface area contributed by atoms with Crippen LogP contribution in [-0.2, 0) is 18.9 Å². The van der Waals surface area contributed by atoms with E-state index in [-0.39, 0.29) is 24.0 Å². The molecule has 0 saturated carbocycles. The van der Waals surface area contributed by atoms with Gasteiger partial charge in [0, 0.05) is 47.6 Å². The van der Waals surface area contributed by atoms with Crippen molar-refractivity contribution in [2.75, 3.05) is 74.0 Å². The van der Waals surface area contributed by atoms with Gasteiger partial charge >= 0.3 is 0 Å². The Kier molecular flexibility index (Phi) is 22.8. The predicted molar refractivity (Wildman–Crippen MR) is 99.4 cm³/mol. The first-order valence-corrected chi connectivity index (χ1v) is 7.43. The summed E-state index contributed by atoms with van der Waals surface area (Å²) in [6.45, 7) is 5.68. The zero-order valence-electron chi connectivity index (χ0n) is 14.1. The van der Waals surface area contributed by atoms with Crippen molar-refractivity contribution in [1.82, 2.24) is 10.6 Å². The number of methoxy groups -OCH3 is 2. The zero-order valence-corrected chi connectivity index (χ0v) is 16.4. The first-order chi connectivity index (χ1) is 10.3. The molecular formula is C14H32IN3O4. The SMILES string of the molecule is CN=C(NCCCOCCOC)NCCCOCCOC.I. The molecule has 0 unspecified atom stereocenters. The monoisotopic (exact) mass is 433 g/mol. The van der Waals surface area contributed by atoms with Gasteiger partial charge in [-0.15, -0.1) is 24.0 Å². The fourth-order valence-electron chi connectivity index (χ4n) is 1.47. The van der Waals surface area contributed by atoms with Crippen molar-refractivity contribution in [3.63, 3.8) is 0 Å². The molecule has 0 aliphatic rings. The number of nitrogens with one attached hydrogen (secondary N) is 2. The van der Waals surface area contributed by atoms with Crippen LogP contribution in [-0.4, -0.2) is 80.0 Å². The third-order valence-electron chi connectivity index (χ3n) is 2.60. The van der Waals surface area contributed by atoms with Crippen molar-refractivity contribution < 1.29 is 18.9 Å². The van der Waals surface area contributed by atoms with E-state index in [1.807, 2.05) is 0 Å². The second kappa shape index (κ2) is 20.8. The van der Waals surface area contributed by atoms with Crippen LogP contribution in [0.15, 0.2) is 4.99 Å². The van der Waals surface area contributed by atoms with Gasteiger partial charge in [-0.3, -0.25) is 4.99 Å². The van der Waals surface area contributed by atoms with Gasteiger partial charge in [0.25, 0.3) is 0 Å². The quantitative estimate of drug-likeness (QED) is 0.183. The molecule has 0 aliphatic carbocycles. The van der Waals surface area contributed by atoms with Crippen molar-refractivity contribution in [2.45, 2.75) is 12.8 Å². The van der Waals surface area contributed by atoms with Crippen LogP contribution in [0.4, 0.5) is 0 Å². The minimum atomic E-state index is 0. The largest absolute Gasteiger partial charge is 0.382 e. The van der Waals surface area contributed by atoms with E-state index >= 15 is 0 Å². The molecule has 7 nitrogen and oxygen atoms in total. The Hall–Kier alpha value is -0.160. The highest BCUT2D eigenvalue weighted by Crippen LogP contribution is 1.84. The number of halogens is 1. The van der Waals surface area contributed by atoms with E-state index in [4.69, 9.17) is 18.9 Å². The molecule has 22 heavy (non-hydrogen) atoms. The number of hydrogen-bond acceptors (Lipinski definition) is 5. The molecule has 0 radical (unpaired) electrons. The fraction of sp³-hybridized carbons (Fsp3) is 0.929. The maximum Gasteiger partial charge on any atom is 0.190 e. The lowest BCUT2D eigenvalue weighted by atomic mass is 10.4. The Morgan fingerprint density at radius 2 is 1.23 bits per heavy atom. The van der Waals surface area contributed by atoms with Crippen molar-refractivity contribution in [2.24, 2.45) is 4.99 Å². The Bertz CT molecular complexity index is 226. The normalized spacial score (nSPS) is 9.95. The molecule has 8 heteroatoms. The smallest absolute Gasteiger partial charge is 0.190 e. The summed E-state index contributed by atoms with van der Waals surface area (Å²) in [5.74, 6) is 0.809. The number of guanidine groups is 1. The van der Waals surface area contributed by atoms with E-state index in [1.165, 1.54) is 0 Å². The van der Waals surface area contributed by atoms with Gasteiger partial charge in [-0.05, 0) is 12.8 Å². The summed E-state index contributed by atoms with van der Waals surface area (Å²) in [5.41, 5.74) is 0. The van der Waals surface area contributed by atoms with Crippen LogP contribution in [0.5, 0.6) is 0 Å². The first kappa shape index (κ1) is 24.1. The van der Waals surface area contributed by atoms with Gasteiger partial charge < -0.3 is 29.6 Å². The molecule has 0 saturated heterocycles. The van der Waals surface area contributed by atoms with Crippen LogP contribution < -0.4 is 10.6 Å². The van der Waals surface area contributed by atoms with Crippen LogP contribution in [0.3, 0.4) is 0 Å². The lowest BCUT2D eigenvalue weighted by molar-refractivity contribution is 0.0696. The van der Waals surface area contributed by atoms with E-state index < -0.39 is 0 Å².